The van der Waals surface area contributed by atoms with Crippen LogP contribution >= 0.6 is 0 Å². The SMILES string of the molecule is O=C(CCNC(=O)c1ccccc1)NCCNC(=O)Cc1cccc(F)c1. The lowest BCUT2D eigenvalue weighted by molar-refractivity contribution is -0.122. The molecule has 0 saturated heterocycles. The van der Waals surface area contributed by atoms with E-state index in [9.17, 15) is 18.8 Å². The summed E-state index contributed by atoms with van der Waals surface area (Å²) in [6, 6.07) is 14.6. The van der Waals surface area contributed by atoms with Crippen molar-refractivity contribution in [2.45, 2.75) is 12.8 Å². The van der Waals surface area contributed by atoms with Crippen molar-refractivity contribution in [1.82, 2.24) is 16.0 Å². The summed E-state index contributed by atoms with van der Waals surface area (Å²) in [6.45, 7) is 0.780. The minimum absolute atomic E-state index is 0.0806. The maximum absolute atomic E-state index is 13.1. The smallest absolute Gasteiger partial charge is 0.251 e. The molecule has 0 aliphatic carbocycles. The van der Waals surface area contributed by atoms with Gasteiger partial charge in [-0.3, -0.25) is 14.4 Å². The third kappa shape index (κ3) is 7.68. The second-order valence-corrected chi connectivity index (χ2v) is 5.88. The summed E-state index contributed by atoms with van der Waals surface area (Å²) in [5.74, 6) is -1.08. The van der Waals surface area contributed by atoms with Gasteiger partial charge in [0.15, 0.2) is 0 Å². The molecule has 0 radical (unpaired) electrons. The van der Waals surface area contributed by atoms with Crippen molar-refractivity contribution in [2.24, 2.45) is 0 Å². The minimum atomic E-state index is -0.382. The number of benzene rings is 2. The Morgan fingerprint density at radius 2 is 1.48 bits per heavy atom. The fourth-order valence-corrected chi connectivity index (χ4v) is 2.37. The molecule has 0 bridgehead atoms. The summed E-state index contributed by atoms with van der Waals surface area (Å²) in [5.41, 5.74) is 1.13. The molecular formula is C20H22FN3O3. The van der Waals surface area contributed by atoms with Gasteiger partial charge in [0.1, 0.15) is 5.82 Å². The van der Waals surface area contributed by atoms with Gasteiger partial charge in [0, 0.05) is 31.6 Å². The molecule has 0 spiro atoms. The highest BCUT2D eigenvalue weighted by atomic mass is 19.1. The molecule has 0 fully saturated rings. The van der Waals surface area contributed by atoms with Gasteiger partial charge in [-0.15, -0.1) is 0 Å². The van der Waals surface area contributed by atoms with Crippen molar-refractivity contribution in [1.29, 1.82) is 0 Å². The van der Waals surface area contributed by atoms with Crippen LogP contribution in [0.25, 0.3) is 0 Å². The molecule has 2 aromatic rings. The van der Waals surface area contributed by atoms with E-state index in [1.807, 2.05) is 6.07 Å². The maximum atomic E-state index is 13.1. The van der Waals surface area contributed by atoms with Crippen molar-refractivity contribution in [3.63, 3.8) is 0 Å². The lowest BCUT2D eigenvalue weighted by atomic mass is 10.1. The van der Waals surface area contributed by atoms with Gasteiger partial charge in [0.2, 0.25) is 11.8 Å². The average molecular weight is 371 g/mol. The van der Waals surface area contributed by atoms with E-state index in [2.05, 4.69) is 16.0 Å². The molecule has 3 N–H and O–H groups in total. The van der Waals surface area contributed by atoms with E-state index in [1.165, 1.54) is 12.1 Å². The molecule has 0 aliphatic rings. The van der Waals surface area contributed by atoms with E-state index >= 15 is 0 Å². The number of carbonyl (C=O) groups excluding carboxylic acids is 3. The quantitative estimate of drug-likeness (QED) is 0.583. The van der Waals surface area contributed by atoms with Crippen molar-refractivity contribution in [3.8, 4) is 0 Å². The van der Waals surface area contributed by atoms with Crippen LogP contribution < -0.4 is 16.0 Å². The van der Waals surface area contributed by atoms with Crippen molar-refractivity contribution in [3.05, 3.63) is 71.5 Å². The lowest BCUT2D eigenvalue weighted by Gasteiger charge is -2.08. The van der Waals surface area contributed by atoms with Gasteiger partial charge in [-0.1, -0.05) is 30.3 Å². The van der Waals surface area contributed by atoms with Gasteiger partial charge < -0.3 is 16.0 Å². The average Bonchev–Trinajstić information content (AvgIpc) is 2.66. The summed E-state index contributed by atoms with van der Waals surface area (Å²) >= 11 is 0. The van der Waals surface area contributed by atoms with Crippen LogP contribution in [0.2, 0.25) is 0 Å². The fourth-order valence-electron chi connectivity index (χ4n) is 2.37. The first kappa shape index (κ1) is 20.1. The molecule has 0 atom stereocenters. The molecule has 142 valence electrons. The standard InChI is InChI=1S/C20H22FN3O3/c21-17-8-4-5-15(13-17)14-19(26)23-12-11-22-18(25)9-10-24-20(27)16-6-2-1-3-7-16/h1-8,13H,9-12,14H2,(H,22,25)(H,23,26)(H,24,27). The zero-order valence-corrected chi connectivity index (χ0v) is 14.8. The topological polar surface area (TPSA) is 87.3 Å². The predicted molar refractivity (Wildman–Crippen MR) is 99.5 cm³/mol. The maximum Gasteiger partial charge on any atom is 0.251 e. The second kappa shape index (κ2) is 10.7. The van der Waals surface area contributed by atoms with Crippen LogP contribution in [-0.4, -0.2) is 37.4 Å². The Kier molecular flexibility index (Phi) is 7.96. The van der Waals surface area contributed by atoms with E-state index in [1.54, 1.807) is 36.4 Å². The zero-order valence-electron chi connectivity index (χ0n) is 14.8. The molecule has 2 aromatic carbocycles. The van der Waals surface area contributed by atoms with Crippen LogP contribution in [-0.2, 0) is 16.0 Å². The number of hydrogen-bond acceptors (Lipinski definition) is 3. The Bertz CT molecular complexity index is 781. The largest absolute Gasteiger partial charge is 0.354 e. The Morgan fingerprint density at radius 3 is 2.19 bits per heavy atom. The highest BCUT2D eigenvalue weighted by molar-refractivity contribution is 5.94. The molecule has 27 heavy (non-hydrogen) atoms. The zero-order chi connectivity index (χ0) is 19.5. The monoisotopic (exact) mass is 371 g/mol. The normalized spacial score (nSPS) is 10.1. The number of halogens is 1. The van der Waals surface area contributed by atoms with E-state index in [0.717, 1.165) is 0 Å². The van der Waals surface area contributed by atoms with Gasteiger partial charge in [0.05, 0.1) is 6.42 Å². The van der Waals surface area contributed by atoms with E-state index in [-0.39, 0.29) is 56.0 Å². The van der Waals surface area contributed by atoms with Gasteiger partial charge in [0.25, 0.3) is 5.91 Å². The summed E-state index contributed by atoms with van der Waals surface area (Å²) in [7, 11) is 0. The molecule has 6 nitrogen and oxygen atoms in total. The summed E-state index contributed by atoms with van der Waals surface area (Å²) in [6.07, 6.45) is 0.229. The first-order valence-corrected chi connectivity index (χ1v) is 8.65. The van der Waals surface area contributed by atoms with E-state index in [0.29, 0.717) is 11.1 Å². The second-order valence-electron chi connectivity index (χ2n) is 5.88. The molecular weight excluding hydrogens is 349 g/mol. The first-order valence-electron chi connectivity index (χ1n) is 8.65. The van der Waals surface area contributed by atoms with Crippen molar-refractivity contribution >= 4 is 17.7 Å². The minimum Gasteiger partial charge on any atom is -0.354 e. The Balaban J connectivity index is 1.55. The van der Waals surface area contributed by atoms with Crippen LogP contribution in [0.4, 0.5) is 4.39 Å². The van der Waals surface area contributed by atoms with Crippen LogP contribution in [0.5, 0.6) is 0 Å². The Morgan fingerprint density at radius 1 is 0.778 bits per heavy atom. The molecule has 0 saturated carbocycles. The van der Waals surface area contributed by atoms with E-state index in [4.69, 9.17) is 0 Å². The van der Waals surface area contributed by atoms with Crippen molar-refractivity contribution in [2.75, 3.05) is 19.6 Å². The predicted octanol–water partition coefficient (Wildman–Crippen LogP) is 1.42. The molecule has 0 heterocycles. The molecule has 2 rings (SSSR count). The number of hydrogen-bond donors (Lipinski definition) is 3. The molecule has 0 aliphatic heterocycles. The van der Waals surface area contributed by atoms with Gasteiger partial charge >= 0.3 is 0 Å². The van der Waals surface area contributed by atoms with Crippen LogP contribution in [0.1, 0.15) is 22.3 Å². The number of rotatable bonds is 9. The number of nitrogens with one attached hydrogen (secondary N) is 3. The van der Waals surface area contributed by atoms with E-state index < -0.39 is 0 Å². The highest BCUT2D eigenvalue weighted by Crippen LogP contribution is 2.03. The first-order chi connectivity index (χ1) is 13.0. The van der Waals surface area contributed by atoms with Crippen molar-refractivity contribution < 1.29 is 18.8 Å². The molecule has 0 unspecified atom stereocenters. The molecule has 3 amide bonds. The van der Waals surface area contributed by atoms with Crippen LogP contribution in [0.15, 0.2) is 54.6 Å². The van der Waals surface area contributed by atoms with Gasteiger partial charge in [-0.25, -0.2) is 4.39 Å². The van der Waals surface area contributed by atoms with Crippen LogP contribution in [0, 0.1) is 5.82 Å². The lowest BCUT2D eigenvalue weighted by Crippen LogP contribution is -2.36. The third-order valence-corrected chi connectivity index (χ3v) is 3.70. The Labute approximate surface area is 157 Å². The highest BCUT2D eigenvalue weighted by Gasteiger charge is 2.07. The summed E-state index contributed by atoms with van der Waals surface area (Å²) in [4.78, 5) is 35.3. The number of amides is 3. The summed E-state index contributed by atoms with van der Waals surface area (Å²) < 4.78 is 13.1. The van der Waals surface area contributed by atoms with Gasteiger partial charge in [-0.2, -0.15) is 0 Å². The Hall–Kier alpha value is -3.22. The fraction of sp³-hybridized carbons (Fsp3) is 0.250. The molecule has 0 aromatic heterocycles. The van der Waals surface area contributed by atoms with Gasteiger partial charge in [-0.05, 0) is 29.8 Å². The summed E-state index contributed by atoms with van der Waals surface area (Å²) in [5, 5.41) is 7.99. The number of carbonyl (C=O) groups is 3. The third-order valence-electron chi connectivity index (χ3n) is 3.70. The molecule has 7 heteroatoms. The van der Waals surface area contributed by atoms with Crippen LogP contribution in [0.3, 0.4) is 0 Å².